The molecule has 30 heavy (non-hydrogen) atoms. The van der Waals surface area contributed by atoms with Gasteiger partial charge in [0, 0.05) is 37.3 Å². The van der Waals surface area contributed by atoms with E-state index >= 15 is 0 Å². The molecule has 0 radical (unpaired) electrons. The number of aromatic amines is 1. The maximum absolute atomic E-state index is 12.9. The zero-order valence-electron chi connectivity index (χ0n) is 18.8. The fourth-order valence-electron chi connectivity index (χ4n) is 3.03. The summed E-state index contributed by atoms with van der Waals surface area (Å²) < 4.78 is 15.7. The van der Waals surface area contributed by atoms with Gasteiger partial charge in [0.15, 0.2) is 6.04 Å². The van der Waals surface area contributed by atoms with Crippen molar-refractivity contribution in [3.05, 3.63) is 17.5 Å². The van der Waals surface area contributed by atoms with E-state index in [1.807, 2.05) is 4.90 Å². The van der Waals surface area contributed by atoms with Gasteiger partial charge in [0.2, 0.25) is 0 Å². The summed E-state index contributed by atoms with van der Waals surface area (Å²) in [6.07, 6.45) is 0.511. The molecule has 2 heterocycles. The number of imide groups is 1. The SMILES string of the molecule is COC(=O)C(CN1CCc2[nH]ncc2C1)N(C(=O)OC(C)(C)C)C(=O)OC(C)(C)C. The molecule has 10 nitrogen and oxygen atoms in total. The fraction of sp³-hybridized carbons (Fsp3) is 0.700. The van der Waals surface area contributed by atoms with Crippen molar-refractivity contribution in [1.29, 1.82) is 0 Å². The maximum atomic E-state index is 12.9. The van der Waals surface area contributed by atoms with Crippen LogP contribution in [0.2, 0.25) is 0 Å². The van der Waals surface area contributed by atoms with E-state index in [4.69, 9.17) is 14.2 Å². The van der Waals surface area contributed by atoms with Gasteiger partial charge in [-0.3, -0.25) is 10.00 Å². The molecule has 1 aliphatic rings. The molecule has 168 valence electrons. The van der Waals surface area contributed by atoms with E-state index in [1.54, 1.807) is 47.7 Å². The number of ether oxygens (including phenoxy) is 3. The van der Waals surface area contributed by atoms with Crippen molar-refractivity contribution in [2.45, 2.75) is 71.8 Å². The summed E-state index contributed by atoms with van der Waals surface area (Å²) in [4.78, 5) is 41.1. The van der Waals surface area contributed by atoms with Crippen LogP contribution in [-0.2, 0) is 32.0 Å². The van der Waals surface area contributed by atoms with Crippen LogP contribution in [0.25, 0.3) is 0 Å². The van der Waals surface area contributed by atoms with Gasteiger partial charge in [-0.15, -0.1) is 0 Å². The van der Waals surface area contributed by atoms with Gasteiger partial charge in [0.05, 0.1) is 13.3 Å². The molecular weight excluding hydrogens is 392 g/mol. The van der Waals surface area contributed by atoms with E-state index in [2.05, 4.69) is 10.2 Å². The van der Waals surface area contributed by atoms with Crippen molar-refractivity contribution in [2.75, 3.05) is 20.2 Å². The second kappa shape index (κ2) is 9.03. The Balaban J connectivity index is 2.31. The highest BCUT2D eigenvalue weighted by Crippen LogP contribution is 2.21. The van der Waals surface area contributed by atoms with Gasteiger partial charge in [0.25, 0.3) is 0 Å². The van der Waals surface area contributed by atoms with Crippen molar-refractivity contribution < 1.29 is 28.6 Å². The van der Waals surface area contributed by atoms with Crippen molar-refractivity contribution in [2.24, 2.45) is 0 Å². The first-order valence-electron chi connectivity index (χ1n) is 9.87. The molecule has 1 aromatic rings. The van der Waals surface area contributed by atoms with Crippen LogP contribution in [-0.4, -0.2) is 75.6 Å². The summed E-state index contributed by atoms with van der Waals surface area (Å²) >= 11 is 0. The molecule has 1 N–H and O–H groups in total. The lowest BCUT2D eigenvalue weighted by Crippen LogP contribution is -2.56. The lowest BCUT2D eigenvalue weighted by molar-refractivity contribution is -0.147. The monoisotopic (exact) mass is 424 g/mol. The van der Waals surface area contributed by atoms with E-state index in [9.17, 15) is 14.4 Å². The van der Waals surface area contributed by atoms with Gasteiger partial charge < -0.3 is 14.2 Å². The third-order valence-corrected chi connectivity index (χ3v) is 4.28. The summed E-state index contributed by atoms with van der Waals surface area (Å²) in [5.41, 5.74) is 0.312. The minimum absolute atomic E-state index is 0.0791. The Morgan fingerprint density at radius 3 is 2.20 bits per heavy atom. The third kappa shape index (κ3) is 6.45. The molecule has 0 aliphatic carbocycles. The van der Waals surface area contributed by atoms with E-state index in [-0.39, 0.29) is 6.54 Å². The molecule has 1 unspecified atom stereocenters. The number of nitrogens with one attached hydrogen (secondary N) is 1. The Labute approximate surface area is 176 Å². The molecule has 0 saturated carbocycles. The van der Waals surface area contributed by atoms with Crippen LogP contribution >= 0.6 is 0 Å². The Kier molecular flexibility index (Phi) is 7.12. The highest BCUT2D eigenvalue weighted by molar-refractivity contribution is 5.94. The number of hydrogen-bond acceptors (Lipinski definition) is 8. The fourth-order valence-corrected chi connectivity index (χ4v) is 3.03. The van der Waals surface area contributed by atoms with Crippen LogP contribution < -0.4 is 0 Å². The topological polar surface area (TPSA) is 114 Å². The van der Waals surface area contributed by atoms with Gasteiger partial charge in [-0.05, 0) is 41.5 Å². The maximum Gasteiger partial charge on any atom is 0.420 e. The number of carbonyl (C=O) groups excluding carboxylic acids is 3. The molecule has 1 aromatic heterocycles. The molecule has 2 amide bonds. The first-order valence-corrected chi connectivity index (χ1v) is 9.87. The number of hydrogen-bond donors (Lipinski definition) is 1. The Hall–Kier alpha value is -2.62. The molecule has 0 saturated heterocycles. The van der Waals surface area contributed by atoms with Crippen LogP contribution in [0.5, 0.6) is 0 Å². The summed E-state index contributed by atoms with van der Waals surface area (Å²) in [7, 11) is 1.21. The van der Waals surface area contributed by atoms with Crippen LogP contribution in [0, 0.1) is 0 Å². The zero-order chi connectivity index (χ0) is 22.7. The third-order valence-electron chi connectivity index (χ3n) is 4.28. The first kappa shape index (κ1) is 23.7. The molecule has 10 heteroatoms. The molecule has 0 fully saturated rings. The van der Waals surface area contributed by atoms with Crippen LogP contribution in [0.4, 0.5) is 9.59 Å². The van der Waals surface area contributed by atoms with E-state index < -0.39 is 35.4 Å². The number of H-pyrrole nitrogens is 1. The van der Waals surface area contributed by atoms with Crippen LogP contribution in [0.15, 0.2) is 6.20 Å². The average Bonchev–Trinajstić information content (AvgIpc) is 3.05. The number of aromatic nitrogens is 2. The summed E-state index contributed by atoms with van der Waals surface area (Å²) in [6.45, 7) is 11.3. The van der Waals surface area contributed by atoms with Gasteiger partial charge in [-0.25, -0.2) is 14.4 Å². The number of fused-ring (bicyclic) bond motifs is 1. The van der Waals surface area contributed by atoms with Crippen molar-refractivity contribution in [3.8, 4) is 0 Å². The molecule has 2 rings (SSSR count). The van der Waals surface area contributed by atoms with Gasteiger partial charge in [0.1, 0.15) is 11.2 Å². The molecule has 0 aromatic carbocycles. The van der Waals surface area contributed by atoms with E-state index in [1.165, 1.54) is 7.11 Å². The van der Waals surface area contributed by atoms with Crippen LogP contribution in [0.1, 0.15) is 52.8 Å². The Morgan fingerprint density at radius 1 is 1.13 bits per heavy atom. The molecular formula is C20H32N4O6. The Bertz CT molecular complexity index is 749. The van der Waals surface area contributed by atoms with E-state index in [0.717, 1.165) is 11.3 Å². The van der Waals surface area contributed by atoms with Crippen LogP contribution in [0.3, 0.4) is 0 Å². The molecule has 0 spiro atoms. The second-order valence-corrected chi connectivity index (χ2v) is 9.23. The smallest absolute Gasteiger partial charge is 0.420 e. The summed E-state index contributed by atoms with van der Waals surface area (Å²) in [5.74, 6) is -0.732. The zero-order valence-corrected chi connectivity index (χ0v) is 18.8. The molecule has 0 bridgehead atoms. The highest BCUT2D eigenvalue weighted by atomic mass is 16.6. The van der Waals surface area contributed by atoms with Crippen molar-refractivity contribution >= 4 is 18.2 Å². The summed E-state index contributed by atoms with van der Waals surface area (Å²) in [6, 6.07) is -1.23. The number of carbonyl (C=O) groups is 3. The average molecular weight is 424 g/mol. The van der Waals surface area contributed by atoms with Gasteiger partial charge in [-0.2, -0.15) is 10.00 Å². The number of rotatable bonds is 4. The van der Waals surface area contributed by atoms with Gasteiger partial charge >= 0.3 is 18.2 Å². The minimum atomic E-state index is -1.23. The lowest BCUT2D eigenvalue weighted by atomic mass is 10.1. The minimum Gasteiger partial charge on any atom is -0.467 e. The van der Waals surface area contributed by atoms with Crippen molar-refractivity contribution in [1.82, 2.24) is 20.0 Å². The van der Waals surface area contributed by atoms with E-state index in [0.29, 0.717) is 24.4 Å². The lowest BCUT2D eigenvalue weighted by Gasteiger charge is -2.35. The highest BCUT2D eigenvalue weighted by Gasteiger charge is 2.42. The summed E-state index contributed by atoms with van der Waals surface area (Å²) in [5, 5.41) is 6.99. The molecule has 1 aliphatic heterocycles. The Morgan fingerprint density at radius 2 is 1.70 bits per heavy atom. The standard InChI is InChI=1S/C20H32N4O6/c1-19(2,3)29-17(26)24(18(27)30-20(4,5)6)15(16(25)28-7)12-23-9-8-14-13(11-23)10-21-22-14/h10,15H,8-9,11-12H2,1-7H3,(H,21,22). The molecule has 1 atom stereocenters. The number of amides is 2. The van der Waals surface area contributed by atoms with Crippen molar-refractivity contribution in [3.63, 3.8) is 0 Å². The largest absolute Gasteiger partial charge is 0.467 e. The van der Waals surface area contributed by atoms with Gasteiger partial charge in [-0.1, -0.05) is 0 Å². The number of methoxy groups -OCH3 is 1. The predicted molar refractivity (Wildman–Crippen MR) is 108 cm³/mol. The second-order valence-electron chi connectivity index (χ2n) is 9.23. The quantitative estimate of drug-likeness (QED) is 0.579. The number of esters is 1. The number of nitrogens with zero attached hydrogens (tertiary/aromatic N) is 3. The normalized spacial score (nSPS) is 15.7. The predicted octanol–water partition coefficient (Wildman–Crippen LogP) is 2.48. The first-order chi connectivity index (χ1) is 13.8.